The molecule has 1 atom stereocenters. The van der Waals surface area contributed by atoms with Gasteiger partial charge in [0.2, 0.25) is 0 Å². The highest BCUT2D eigenvalue weighted by molar-refractivity contribution is 5.80. The molecule has 3 aromatic rings. The van der Waals surface area contributed by atoms with Crippen LogP contribution in [0.25, 0.3) is 11.0 Å². The van der Waals surface area contributed by atoms with E-state index >= 15 is 0 Å². The second-order valence-corrected chi connectivity index (χ2v) is 6.51. The van der Waals surface area contributed by atoms with Crippen molar-refractivity contribution in [1.82, 2.24) is 0 Å². The molecule has 0 fully saturated rings. The molecule has 0 saturated carbocycles. The third kappa shape index (κ3) is 3.57. The number of aryl methyl sites for hydroxylation is 2. The van der Waals surface area contributed by atoms with Crippen LogP contribution < -0.4 is 10.5 Å². The maximum atomic E-state index is 11.9. The Morgan fingerprint density at radius 3 is 2.50 bits per heavy atom. The number of fused-ring (bicyclic) bond motifs is 1. The van der Waals surface area contributed by atoms with Crippen molar-refractivity contribution in [3.05, 3.63) is 81.2 Å². The molecule has 0 aliphatic carbocycles. The Kier molecular flexibility index (Phi) is 4.81. The second-order valence-electron chi connectivity index (χ2n) is 6.51. The highest BCUT2D eigenvalue weighted by Crippen LogP contribution is 2.18. The van der Waals surface area contributed by atoms with Gasteiger partial charge in [-0.2, -0.15) is 0 Å². The van der Waals surface area contributed by atoms with E-state index in [1.165, 1.54) is 21.6 Å². The van der Waals surface area contributed by atoms with E-state index in [0.29, 0.717) is 5.58 Å². The van der Waals surface area contributed by atoms with Gasteiger partial charge in [0.15, 0.2) is 0 Å². The van der Waals surface area contributed by atoms with Crippen LogP contribution in [-0.2, 0) is 19.5 Å². The molecule has 0 bridgehead atoms. The Labute approximate surface area is 142 Å². The lowest BCUT2D eigenvalue weighted by atomic mass is 10.1. The van der Waals surface area contributed by atoms with Crippen LogP contribution in [0.2, 0.25) is 0 Å². The maximum absolute atomic E-state index is 11.9. The zero-order valence-electron chi connectivity index (χ0n) is 14.6. The van der Waals surface area contributed by atoms with Crippen LogP contribution in [-0.4, -0.2) is 7.05 Å². The Bertz CT molecular complexity index is 911. The van der Waals surface area contributed by atoms with E-state index in [0.717, 1.165) is 30.5 Å². The second kappa shape index (κ2) is 7.02. The molecule has 0 spiro atoms. The zero-order chi connectivity index (χ0) is 17.1. The lowest BCUT2D eigenvalue weighted by molar-refractivity contribution is -0.907. The summed E-state index contributed by atoms with van der Waals surface area (Å²) in [5.41, 5.74) is 5.31. The SMILES string of the molecule is CCc1ccc2c(C[NH+](C)Cc3ccccc3C)cc(=O)oc2c1. The third-order valence-electron chi connectivity index (χ3n) is 4.55. The van der Waals surface area contributed by atoms with Gasteiger partial charge in [-0.3, -0.25) is 0 Å². The van der Waals surface area contributed by atoms with Crippen molar-refractivity contribution in [3.8, 4) is 0 Å². The number of hydrogen-bond acceptors (Lipinski definition) is 2. The minimum absolute atomic E-state index is 0.269. The quantitative estimate of drug-likeness (QED) is 0.733. The molecule has 1 N–H and O–H groups in total. The monoisotopic (exact) mass is 322 g/mol. The van der Waals surface area contributed by atoms with Gasteiger partial charge in [0.25, 0.3) is 0 Å². The van der Waals surface area contributed by atoms with Gasteiger partial charge in [-0.1, -0.05) is 43.3 Å². The van der Waals surface area contributed by atoms with Gasteiger partial charge in [0, 0.05) is 22.6 Å². The normalized spacial score (nSPS) is 12.5. The van der Waals surface area contributed by atoms with Crippen molar-refractivity contribution >= 4 is 11.0 Å². The molecule has 0 aliphatic heterocycles. The first-order valence-electron chi connectivity index (χ1n) is 8.48. The molecule has 24 heavy (non-hydrogen) atoms. The van der Waals surface area contributed by atoms with Gasteiger partial charge in [-0.05, 0) is 30.5 Å². The standard InChI is InChI=1S/C21H23NO2/c1-4-16-9-10-19-18(12-21(23)24-20(19)11-16)14-22(3)13-17-8-6-5-7-15(17)2/h5-12H,4,13-14H2,1-3H3/p+1. The number of hydrogen-bond donors (Lipinski definition) is 1. The van der Waals surface area contributed by atoms with Crippen molar-refractivity contribution < 1.29 is 9.32 Å². The van der Waals surface area contributed by atoms with E-state index in [1.54, 1.807) is 6.07 Å². The Hall–Kier alpha value is -2.39. The van der Waals surface area contributed by atoms with Crippen LogP contribution in [0.1, 0.15) is 29.2 Å². The van der Waals surface area contributed by atoms with Crippen LogP contribution in [0, 0.1) is 6.92 Å². The molecule has 3 nitrogen and oxygen atoms in total. The highest BCUT2D eigenvalue weighted by Gasteiger charge is 2.12. The third-order valence-corrected chi connectivity index (χ3v) is 4.55. The number of rotatable bonds is 5. The van der Waals surface area contributed by atoms with E-state index in [2.05, 4.69) is 57.3 Å². The minimum Gasteiger partial charge on any atom is -0.423 e. The highest BCUT2D eigenvalue weighted by atomic mass is 16.4. The Morgan fingerprint density at radius 2 is 1.75 bits per heavy atom. The molecule has 1 unspecified atom stereocenters. The topological polar surface area (TPSA) is 34.7 Å². The summed E-state index contributed by atoms with van der Waals surface area (Å²) >= 11 is 0. The molecule has 1 heterocycles. The largest absolute Gasteiger partial charge is 0.423 e. The summed E-state index contributed by atoms with van der Waals surface area (Å²) in [4.78, 5) is 13.3. The molecule has 3 rings (SSSR count). The molecule has 1 aromatic heterocycles. The number of benzene rings is 2. The molecule has 2 aromatic carbocycles. The van der Waals surface area contributed by atoms with Gasteiger partial charge in [0.05, 0.1) is 7.05 Å². The predicted molar refractivity (Wildman–Crippen MR) is 97.3 cm³/mol. The number of nitrogens with one attached hydrogen (secondary N) is 1. The van der Waals surface area contributed by atoms with E-state index < -0.39 is 0 Å². The molecule has 0 radical (unpaired) electrons. The average Bonchev–Trinajstić information content (AvgIpc) is 2.56. The van der Waals surface area contributed by atoms with E-state index in [1.807, 2.05) is 6.07 Å². The van der Waals surface area contributed by atoms with Crippen LogP contribution in [0.5, 0.6) is 0 Å². The fraction of sp³-hybridized carbons (Fsp3) is 0.286. The predicted octanol–water partition coefficient (Wildman–Crippen LogP) is 2.88. The van der Waals surface area contributed by atoms with Crippen molar-refractivity contribution in [2.24, 2.45) is 0 Å². The average molecular weight is 322 g/mol. The first kappa shape index (κ1) is 16.5. The fourth-order valence-electron chi connectivity index (χ4n) is 3.16. The zero-order valence-corrected chi connectivity index (χ0v) is 14.6. The van der Waals surface area contributed by atoms with Crippen LogP contribution in [0.3, 0.4) is 0 Å². The molecule has 0 saturated heterocycles. The van der Waals surface area contributed by atoms with Crippen molar-refractivity contribution in [1.29, 1.82) is 0 Å². The molecular weight excluding hydrogens is 298 g/mol. The van der Waals surface area contributed by atoms with Crippen molar-refractivity contribution in [3.63, 3.8) is 0 Å². The van der Waals surface area contributed by atoms with Crippen LogP contribution in [0.15, 0.2) is 57.7 Å². The molecule has 124 valence electrons. The summed E-state index contributed by atoms with van der Waals surface area (Å²) in [6, 6.07) is 16.3. The maximum Gasteiger partial charge on any atom is 0.336 e. The minimum atomic E-state index is -0.269. The Morgan fingerprint density at radius 1 is 1.00 bits per heavy atom. The van der Waals surface area contributed by atoms with E-state index in [-0.39, 0.29) is 5.63 Å². The summed E-state index contributed by atoms with van der Waals surface area (Å²) in [7, 11) is 2.16. The fourth-order valence-corrected chi connectivity index (χ4v) is 3.16. The summed E-state index contributed by atoms with van der Waals surface area (Å²) < 4.78 is 5.40. The summed E-state index contributed by atoms with van der Waals surface area (Å²) in [5.74, 6) is 0. The number of quaternary nitrogens is 1. The first-order valence-corrected chi connectivity index (χ1v) is 8.48. The molecule has 0 amide bonds. The molecular formula is C21H24NO2+. The van der Waals surface area contributed by atoms with Crippen molar-refractivity contribution in [2.45, 2.75) is 33.4 Å². The smallest absolute Gasteiger partial charge is 0.336 e. The first-order chi connectivity index (χ1) is 11.6. The summed E-state index contributed by atoms with van der Waals surface area (Å²) in [6.45, 7) is 5.97. The van der Waals surface area contributed by atoms with Crippen LogP contribution >= 0.6 is 0 Å². The van der Waals surface area contributed by atoms with Crippen LogP contribution in [0.4, 0.5) is 0 Å². The van der Waals surface area contributed by atoms with Gasteiger partial charge < -0.3 is 9.32 Å². The molecule has 3 heteroatoms. The van der Waals surface area contributed by atoms with Crippen molar-refractivity contribution in [2.75, 3.05) is 7.05 Å². The lowest BCUT2D eigenvalue weighted by Gasteiger charge is -2.16. The summed E-state index contributed by atoms with van der Waals surface area (Å²) in [5, 5.41) is 1.04. The van der Waals surface area contributed by atoms with Gasteiger partial charge >= 0.3 is 5.63 Å². The molecule has 0 aliphatic rings. The van der Waals surface area contributed by atoms with E-state index in [9.17, 15) is 4.79 Å². The van der Waals surface area contributed by atoms with E-state index in [4.69, 9.17) is 4.42 Å². The summed E-state index contributed by atoms with van der Waals surface area (Å²) in [6.07, 6.45) is 0.933. The Balaban J connectivity index is 1.89. The lowest BCUT2D eigenvalue weighted by Crippen LogP contribution is -3.06. The van der Waals surface area contributed by atoms with Gasteiger partial charge in [-0.25, -0.2) is 4.79 Å². The van der Waals surface area contributed by atoms with Gasteiger partial charge in [-0.15, -0.1) is 0 Å². The van der Waals surface area contributed by atoms with Gasteiger partial charge in [0.1, 0.15) is 18.7 Å².